The highest BCUT2D eigenvalue weighted by atomic mass is 32.1. The number of benzene rings is 2. The molecule has 1 saturated heterocycles. The maximum Gasteiger partial charge on any atom is 0.227 e. The minimum atomic E-state index is 0.0285. The van der Waals surface area contributed by atoms with Crippen molar-refractivity contribution in [3.05, 3.63) is 58.9 Å². The van der Waals surface area contributed by atoms with Crippen LogP contribution < -0.4 is 10.2 Å². The third kappa shape index (κ3) is 3.95. The van der Waals surface area contributed by atoms with Gasteiger partial charge < -0.3 is 10.2 Å². The van der Waals surface area contributed by atoms with Gasteiger partial charge in [0, 0.05) is 35.6 Å². The predicted octanol–water partition coefficient (Wildman–Crippen LogP) is 5.58. The largest absolute Gasteiger partial charge is 0.348 e. The van der Waals surface area contributed by atoms with E-state index in [-0.39, 0.29) is 11.8 Å². The van der Waals surface area contributed by atoms with E-state index in [9.17, 15) is 4.79 Å². The lowest BCUT2D eigenvalue weighted by atomic mass is 9.96. The Hall–Kier alpha value is -2.77. The molecule has 5 rings (SSSR count). The van der Waals surface area contributed by atoms with E-state index in [1.54, 1.807) is 22.7 Å². The summed E-state index contributed by atoms with van der Waals surface area (Å²) in [5.41, 5.74) is 3.87. The summed E-state index contributed by atoms with van der Waals surface area (Å²) < 4.78 is 1.21. The molecule has 0 radical (unpaired) electrons. The fourth-order valence-corrected chi connectivity index (χ4v) is 5.46. The number of aryl methyl sites for hydroxylation is 1. The van der Waals surface area contributed by atoms with Gasteiger partial charge in [0.2, 0.25) is 5.91 Å². The zero-order valence-electron chi connectivity index (χ0n) is 16.7. The van der Waals surface area contributed by atoms with Crippen molar-refractivity contribution in [3.63, 3.8) is 0 Å². The van der Waals surface area contributed by atoms with Gasteiger partial charge in [-0.15, -0.1) is 11.3 Å². The second-order valence-corrected chi connectivity index (χ2v) is 9.62. The molecule has 30 heavy (non-hydrogen) atoms. The normalized spacial score (nSPS) is 14.9. The number of para-hydroxylation sites is 1. The van der Waals surface area contributed by atoms with E-state index in [2.05, 4.69) is 27.3 Å². The van der Waals surface area contributed by atoms with Gasteiger partial charge in [0.05, 0.1) is 20.9 Å². The monoisotopic (exact) mass is 434 g/mol. The van der Waals surface area contributed by atoms with Gasteiger partial charge in [0.25, 0.3) is 0 Å². The molecule has 152 valence electrons. The van der Waals surface area contributed by atoms with Crippen molar-refractivity contribution >= 4 is 49.6 Å². The van der Waals surface area contributed by atoms with Crippen molar-refractivity contribution in [3.8, 4) is 11.3 Å². The molecule has 7 heteroatoms. The molecule has 4 aromatic rings. The molecule has 0 unspecified atom stereocenters. The van der Waals surface area contributed by atoms with Gasteiger partial charge in [-0.05, 0) is 44.0 Å². The molecule has 1 aliphatic rings. The molecule has 2 aromatic carbocycles. The topological polar surface area (TPSA) is 58.1 Å². The Morgan fingerprint density at radius 2 is 1.93 bits per heavy atom. The molecule has 1 fully saturated rings. The number of thiazole rings is 2. The van der Waals surface area contributed by atoms with Crippen LogP contribution in [0.4, 0.5) is 10.8 Å². The van der Waals surface area contributed by atoms with E-state index < -0.39 is 0 Å². The van der Waals surface area contributed by atoms with Crippen LogP contribution in [0.5, 0.6) is 0 Å². The second kappa shape index (κ2) is 8.16. The Kier molecular flexibility index (Phi) is 5.23. The number of hydrogen-bond donors (Lipinski definition) is 1. The maximum absolute atomic E-state index is 12.8. The Morgan fingerprint density at radius 3 is 2.70 bits per heavy atom. The number of fused-ring (bicyclic) bond motifs is 1. The molecule has 0 spiro atoms. The molecular formula is C23H22N4OS2. The highest BCUT2D eigenvalue weighted by Crippen LogP contribution is 2.32. The van der Waals surface area contributed by atoms with Crippen molar-refractivity contribution in [1.29, 1.82) is 0 Å². The summed E-state index contributed by atoms with van der Waals surface area (Å²) in [6.45, 7) is 3.71. The summed E-state index contributed by atoms with van der Waals surface area (Å²) in [7, 11) is 0. The number of hydrogen-bond acceptors (Lipinski definition) is 6. The Labute approximate surface area is 183 Å². The first-order valence-electron chi connectivity index (χ1n) is 10.1. The van der Waals surface area contributed by atoms with Crippen LogP contribution in [0.1, 0.15) is 17.8 Å². The fourth-order valence-electron chi connectivity index (χ4n) is 3.82. The van der Waals surface area contributed by atoms with Gasteiger partial charge in [-0.3, -0.25) is 4.79 Å². The van der Waals surface area contributed by atoms with Crippen LogP contribution in [-0.4, -0.2) is 29.0 Å². The first-order valence-corrected chi connectivity index (χ1v) is 11.8. The first-order chi connectivity index (χ1) is 14.7. The molecular weight excluding hydrogens is 412 g/mol. The highest BCUT2D eigenvalue weighted by molar-refractivity contribution is 7.22. The zero-order valence-corrected chi connectivity index (χ0v) is 18.3. The molecule has 2 aromatic heterocycles. The molecule has 0 aliphatic carbocycles. The maximum atomic E-state index is 12.8. The smallest absolute Gasteiger partial charge is 0.227 e. The summed E-state index contributed by atoms with van der Waals surface area (Å²) in [4.78, 5) is 24.4. The second-order valence-electron chi connectivity index (χ2n) is 7.55. The van der Waals surface area contributed by atoms with E-state index in [1.165, 1.54) is 4.70 Å². The van der Waals surface area contributed by atoms with Crippen LogP contribution in [0, 0.1) is 12.8 Å². The van der Waals surface area contributed by atoms with Crippen LogP contribution in [0.25, 0.3) is 21.5 Å². The first kappa shape index (κ1) is 19.2. The zero-order chi connectivity index (χ0) is 20.5. The summed E-state index contributed by atoms with van der Waals surface area (Å²) in [5.74, 6) is 0.131. The van der Waals surface area contributed by atoms with Gasteiger partial charge in [-0.1, -0.05) is 35.6 Å². The van der Waals surface area contributed by atoms with Crippen LogP contribution in [-0.2, 0) is 4.79 Å². The highest BCUT2D eigenvalue weighted by Gasteiger charge is 2.26. The van der Waals surface area contributed by atoms with E-state index in [0.29, 0.717) is 0 Å². The average molecular weight is 435 g/mol. The molecule has 3 heterocycles. The van der Waals surface area contributed by atoms with Gasteiger partial charge in [0.1, 0.15) is 0 Å². The molecule has 0 atom stereocenters. The average Bonchev–Trinajstić information content (AvgIpc) is 3.40. The summed E-state index contributed by atoms with van der Waals surface area (Å²) in [6.07, 6.45) is 1.68. The minimum absolute atomic E-state index is 0.0285. The number of amides is 1. The van der Waals surface area contributed by atoms with Gasteiger partial charge in [0.15, 0.2) is 5.13 Å². The van der Waals surface area contributed by atoms with Crippen LogP contribution in [0.15, 0.2) is 53.9 Å². The summed E-state index contributed by atoms with van der Waals surface area (Å²) >= 11 is 3.36. The lowest BCUT2D eigenvalue weighted by molar-refractivity contribution is -0.120. The summed E-state index contributed by atoms with van der Waals surface area (Å²) in [5, 5.41) is 7.26. The van der Waals surface area contributed by atoms with Crippen LogP contribution in [0.2, 0.25) is 0 Å². The SMILES string of the molecule is Cc1nc(-c2cccc(NC(=O)C3CCN(c4nc5ccccc5s4)CC3)c2)cs1. The van der Waals surface area contributed by atoms with Crippen molar-refractivity contribution in [2.24, 2.45) is 5.92 Å². The number of nitrogens with zero attached hydrogens (tertiary/aromatic N) is 3. The number of anilines is 2. The number of carbonyl (C=O) groups is 1. The number of piperidine rings is 1. The van der Waals surface area contributed by atoms with Gasteiger partial charge in [-0.2, -0.15) is 0 Å². The van der Waals surface area contributed by atoms with E-state index in [0.717, 1.165) is 58.5 Å². The van der Waals surface area contributed by atoms with Crippen molar-refractivity contribution in [1.82, 2.24) is 9.97 Å². The third-order valence-corrected chi connectivity index (χ3v) is 7.33. The van der Waals surface area contributed by atoms with Crippen molar-refractivity contribution in [2.75, 3.05) is 23.3 Å². The van der Waals surface area contributed by atoms with Gasteiger partial charge >= 0.3 is 0 Å². The Bertz CT molecular complexity index is 1160. The van der Waals surface area contributed by atoms with Gasteiger partial charge in [-0.25, -0.2) is 9.97 Å². The van der Waals surface area contributed by atoms with E-state index in [4.69, 9.17) is 4.98 Å². The summed E-state index contributed by atoms with van der Waals surface area (Å²) in [6, 6.07) is 16.2. The molecule has 0 bridgehead atoms. The minimum Gasteiger partial charge on any atom is -0.348 e. The number of nitrogens with one attached hydrogen (secondary N) is 1. The third-order valence-electron chi connectivity index (χ3n) is 5.46. The number of carbonyl (C=O) groups excluding carboxylic acids is 1. The Balaban J connectivity index is 1.22. The lowest BCUT2D eigenvalue weighted by Gasteiger charge is -2.31. The Morgan fingerprint density at radius 1 is 1.10 bits per heavy atom. The predicted molar refractivity (Wildman–Crippen MR) is 125 cm³/mol. The molecule has 1 N–H and O–H groups in total. The van der Waals surface area contributed by atoms with Crippen molar-refractivity contribution < 1.29 is 4.79 Å². The molecule has 0 saturated carbocycles. The lowest BCUT2D eigenvalue weighted by Crippen LogP contribution is -2.38. The van der Waals surface area contributed by atoms with Crippen molar-refractivity contribution in [2.45, 2.75) is 19.8 Å². The molecule has 1 aliphatic heterocycles. The number of rotatable bonds is 4. The standard InChI is InChI=1S/C23H22N4OS2/c1-15-24-20(14-29-15)17-5-4-6-18(13-17)25-22(28)16-9-11-27(12-10-16)23-26-19-7-2-3-8-21(19)30-23/h2-8,13-14,16H,9-12H2,1H3,(H,25,28). The number of aromatic nitrogens is 2. The van der Waals surface area contributed by atoms with E-state index in [1.807, 2.05) is 48.7 Å². The van der Waals surface area contributed by atoms with Crippen LogP contribution in [0.3, 0.4) is 0 Å². The quantitative estimate of drug-likeness (QED) is 0.455. The van der Waals surface area contributed by atoms with E-state index >= 15 is 0 Å². The fraction of sp³-hybridized carbons (Fsp3) is 0.261. The van der Waals surface area contributed by atoms with Crippen LogP contribution >= 0.6 is 22.7 Å². The molecule has 5 nitrogen and oxygen atoms in total. The molecule has 1 amide bonds.